The van der Waals surface area contributed by atoms with E-state index in [1.54, 1.807) is 4.31 Å². The second-order valence-electron chi connectivity index (χ2n) is 9.07. The Balaban J connectivity index is 1.70. The Labute approximate surface area is 187 Å². The molecule has 0 amide bonds. The summed E-state index contributed by atoms with van der Waals surface area (Å²) in [6.07, 6.45) is 9.27. The van der Waals surface area contributed by atoms with Crippen LogP contribution in [0.15, 0.2) is 18.5 Å². The van der Waals surface area contributed by atoms with Gasteiger partial charge in [0, 0.05) is 43.5 Å². The second-order valence-corrected chi connectivity index (χ2v) is 11.0. The number of aromatic amines is 1. The van der Waals surface area contributed by atoms with Crippen molar-refractivity contribution in [1.82, 2.24) is 29.1 Å². The molecule has 0 unspecified atom stereocenters. The quantitative estimate of drug-likeness (QED) is 0.613. The molecule has 0 radical (unpaired) electrons. The first-order chi connectivity index (χ1) is 15.3. The topological polar surface area (TPSA) is 126 Å². The molecule has 32 heavy (non-hydrogen) atoms. The van der Waals surface area contributed by atoms with Crippen molar-refractivity contribution in [3.63, 3.8) is 0 Å². The van der Waals surface area contributed by atoms with Gasteiger partial charge in [-0.1, -0.05) is 6.92 Å². The van der Waals surface area contributed by atoms with Gasteiger partial charge in [-0.3, -0.25) is 5.10 Å². The number of nitrogens with zero attached hydrogens (tertiary/aromatic N) is 6. The van der Waals surface area contributed by atoms with Crippen molar-refractivity contribution in [2.75, 3.05) is 43.1 Å². The van der Waals surface area contributed by atoms with E-state index in [9.17, 15) is 8.42 Å². The van der Waals surface area contributed by atoms with Crippen LogP contribution in [-0.4, -0.2) is 70.0 Å². The summed E-state index contributed by atoms with van der Waals surface area (Å²) in [5.74, 6) is 1.59. The van der Waals surface area contributed by atoms with Gasteiger partial charge in [0.1, 0.15) is 5.82 Å². The van der Waals surface area contributed by atoms with E-state index >= 15 is 0 Å². The first-order valence-electron chi connectivity index (χ1n) is 11.2. The number of sulfonamides is 1. The molecule has 2 fully saturated rings. The molecule has 11 heteroatoms. The fourth-order valence-electron chi connectivity index (χ4n) is 5.28. The van der Waals surface area contributed by atoms with Crippen LogP contribution in [0.2, 0.25) is 0 Å². The summed E-state index contributed by atoms with van der Waals surface area (Å²) in [6.45, 7) is 5.05. The Morgan fingerprint density at radius 2 is 1.97 bits per heavy atom. The van der Waals surface area contributed by atoms with E-state index in [0.29, 0.717) is 13.1 Å². The predicted molar refractivity (Wildman–Crippen MR) is 124 cm³/mol. The minimum absolute atomic E-state index is 0.154. The van der Waals surface area contributed by atoms with E-state index in [-0.39, 0.29) is 17.8 Å². The molecule has 0 saturated carbocycles. The number of H-pyrrole nitrogens is 1. The van der Waals surface area contributed by atoms with E-state index in [0.717, 1.165) is 60.5 Å². The number of piperidine rings is 2. The van der Waals surface area contributed by atoms with Crippen molar-refractivity contribution >= 4 is 27.4 Å². The maximum Gasteiger partial charge on any atom is 0.240 e. The molecule has 2 aliphatic rings. The molecule has 2 aliphatic heterocycles. The molecule has 2 saturated heterocycles. The highest BCUT2D eigenvalue weighted by Crippen LogP contribution is 2.44. The summed E-state index contributed by atoms with van der Waals surface area (Å²) in [5, 5.41) is 11.7. The molecule has 3 aromatic rings. The monoisotopic (exact) mass is 458 g/mol. The Hall–Kier alpha value is -2.66. The summed E-state index contributed by atoms with van der Waals surface area (Å²) >= 11 is 0. The number of fused-ring (bicyclic) bond motifs is 1. The molecule has 2 atom stereocenters. The van der Waals surface area contributed by atoms with Gasteiger partial charge < -0.3 is 10.6 Å². The molecule has 10 nitrogen and oxygen atoms in total. The average molecular weight is 459 g/mol. The molecule has 0 aliphatic carbocycles. The van der Waals surface area contributed by atoms with E-state index < -0.39 is 10.0 Å². The Morgan fingerprint density at radius 1 is 1.19 bits per heavy atom. The van der Waals surface area contributed by atoms with Gasteiger partial charge in [0.2, 0.25) is 16.0 Å². The summed E-state index contributed by atoms with van der Waals surface area (Å²) in [6, 6.07) is 2.08. The molecule has 0 spiro atoms. The van der Waals surface area contributed by atoms with Crippen LogP contribution in [0.4, 0.5) is 11.8 Å². The molecule has 0 aromatic carbocycles. The van der Waals surface area contributed by atoms with Gasteiger partial charge in [0.25, 0.3) is 0 Å². The number of nitrogens with one attached hydrogen (secondary N) is 1. The smallest absolute Gasteiger partial charge is 0.240 e. The highest BCUT2D eigenvalue weighted by Gasteiger charge is 2.35. The molecular formula is C21H30N8O2S. The Bertz CT molecular complexity index is 1210. The first-order valence-corrected chi connectivity index (χ1v) is 13.1. The third-order valence-electron chi connectivity index (χ3n) is 6.83. The maximum atomic E-state index is 12.1. The van der Waals surface area contributed by atoms with Gasteiger partial charge in [-0.2, -0.15) is 14.6 Å². The molecular weight excluding hydrogens is 428 g/mol. The van der Waals surface area contributed by atoms with Crippen LogP contribution < -0.4 is 10.6 Å². The number of rotatable bonds is 4. The zero-order valence-electron chi connectivity index (χ0n) is 18.5. The van der Waals surface area contributed by atoms with Gasteiger partial charge >= 0.3 is 0 Å². The fraction of sp³-hybridized carbons (Fsp3) is 0.571. The number of nitrogens with two attached hydrogens (primary N) is 1. The Kier molecular flexibility index (Phi) is 5.32. The van der Waals surface area contributed by atoms with Gasteiger partial charge in [-0.25, -0.2) is 12.7 Å². The lowest BCUT2D eigenvalue weighted by atomic mass is 9.79. The van der Waals surface area contributed by atoms with Crippen LogP contribution in [0.25, 0.3) is 16.8 Å². The molecule has 5 rings (SSSR count). The number of nitrogen functional groups attached to an aromatic ring is 1. The highest BCUT2D eigenvalue weighted by molar-refractivity contribution is 7.88. The van der Waals surface area contributed by atoms with Crippen LogP contribution in [-0.2, 0) is 10.0 Å². The number of pyridine rings is 1. The molecule has 3 N–H and O–H groups in total. The minimum Gasteiger partial charge on any atom is -0.366 e. The Morgan fingerprint density at radius 3 is 2.62 bits per heavy atom. The van der Waals surface area contributed by atoms with E-state index in [1.165, 1.54) is 12.7 Å². The summed E-state index contributed by atoms with van der Waals surface area (Å²) in [5.41, 5.74) is 9.99. The predicted octanol–water partition coefficient (Wildman–Crippen LogP) is 2.08. The van der Waals surface area contributed by atoms with Gasteiger partial charge in [0.15, 0.2) is 5.65 Å². The van der Waals surface area contributed by atoms with Crippen molar-refractivity contribution in [2.24, 2.45) is 5.92 Å². The lowest BCUT2D eigenvalue weighted by molar-refractivity contribution is 0.250. The summed E-state index contributed by atoms with van der Waals surface area (Å²) in [7, 11) is -3.21. The minimum atomic E-state index is -3.21. The van der Waals surface area contributed by atoms with Crippen molar-refractivity contribution < 1.29 is 8.42 Å². The number of hydrogen-bond donors (Lipinski definition) is 2. The number of aromatic nitrogens is 5. The van der Waals surface area contributed by atoms with E-state index in [1.807, 2.05) is 16.9 Å². The number of hydrogen-bond acceptors (Lipinski definition) is 7. The van der Waals surface area contributed by atoms with Crippen LogP contribution >= 0.6 is 0 Å². The van der Waals surface area contributed by atoms with Crippen LogP contribution in [0.5, 0.6) is 0 Å². The summed E-state index contributed by atoms with van der Waals surface area (Å²) in [4.78, 5) is 6.88. The van der Waals surface area contributed by atoms with Crippen LogP contribution in [0, 0.1) is 5.92 Å². The van der Waals surface area contributed by atoms with E-state index in [4.69, 9.17) is 5.73 Å². The van der Waals surface area contributed by atoms with Crippen LogP contribution in [0.1, 0.15) is 44.1 Å². The van der Waals surface area contributed by atoms with Crippen molar-refractivity contribution in [2.45, 2.75) is 38.5 Å². The van der Waals surface area contributed by atoms with Gasteiger partial charge in [-0.15, -0.1) is 5.10 Å². The highest BCUT2D eigenvalue weighted by atomic mass is 32.2. The normalized spacial score (nSPS) is 23.1. The van der Waals surface area contributed by atoms with Crippen LogP contribution in [0.3, 0.4) is 0 Å². The van der Waals surface area contributed by atoms with E-state index in [2.05, 4.69) is 38.2 Å². The third kappa shape index (κ3) is 3.73. The fourth-order valence-corrected chi connectivity index (χ4v) is 6.22. The molecule has 0 bridgehead atoms. The third-order valence-corrected chi connectivity index (χ3v) is 8.09. The standard InChI is InChI=1S/C21H30N8O2S/c1-14-13-28(32(2,30)31)9-6-16(14)17-10-18-25-21(22)26-29(18)20(27-7-4-3-5-8-27)19(17)15-11-23-24-12-15/h10-12,14,16H,3-9,13H2,1-2H3,(H2,22,26)(H,23,24)/t14-,16-/m0/s1. The SMILES string of the molecule is C[C@H]1CN(S(C)(=O)=O)CC[C@@H]1c1cc2nc(N)nn2c(N2CCCCC2)c1-c1cn[nH]c1. The van der Waals surface area contributed by atoms with Crippen molar-refractivity contribution in [1.29, 1.82) is 0 Å². The van der Waals surface area contributed by atoms with Crippen molar-refractivity contribution in [3.8, 4) is 11.1 Å². The van der Waals surface area contributed by atoms with Gasteiger partial charge in [-0.05, 0) is 49.1 Å². The lowest BCUT2D eigenvalue weighted by Crippen LogP contribution is -2.41. The zero-order valence-corrected chi connectivity index (χ0v) is 19.3. The lowest BCUT2D eigenvalue weighted by Gasteiger charge is -2.38. The summed E-state index contributed by atoms with van der Waals surface area (Å²) < 4.78 is 27.7. The molecule has 5 heterocycles. The molecule has 3 aromatic heterocycles. The second kappa shape index (κ2) is 8.04. The average Bonchev–Trinajstić information content (AvgIpc) is 3.41. The maximum absolute atomic E-state index is 12.1. The largest absolute Gasteiger partial charge is 0.366 e. The first kappa shape index (κ1) is 21.2. The zero-order chi connectivity index (χ0) is 22.5. The van der Waals surface area contributed by atoms with Crippen molar-refractivity contribution in [3.05, 3.63) is 24.0 Å². The number of anilines is 2. The molecule has 172 valence electrons. The van der Waals surface area contributed by atoms with Gasteiger partial charge in [0.05, 0.1) is 12.5 Å².